The van der Waals surface area contributed by atoms with Crippen molar-refractivity contribution in [2.45, 2.75) is 20.0 Å². The van der Waals surface area contributed by atoms with E-state index in [1.165, 1.54) is 0 Å². The van der Waals surface area contributed by atoms with Crippen LogP contribution in [0.5, 0.6) is 0 Å². The van der Waals surface area contributed by atoms with Gasteiger partial charge in [-0.05, 0) is 54.4 Å². The van der Waals surface area contributed by atoms with Gasteiger partial charge in [0, 0.05) is 37.6 Å². The fraction of sp³-hybridized carbons (Fsp3) is 0.143. The Morgan fingerprint density at radius 3 is 2.58 bits per heavy atom. The largest absolute Gasteiger partial charge is 0.350 e. The van der Waals surface area contributed by atoms with Crippen molar-refractivity contribution in [3.8, 4) is 0 Å². The third-order valence-electron chi connectivity index (χ3n) is 6.06. The summed E-state index contributed by atoms with van der Waals surface area (Å²) >= 11 is 5.88. The average Bonchev–Trinajstić information content (AvgIpc) is 3.59. The van der Waals surface area contributed by atoms with Gasteiger partial charge in [-0.25, -0.2) is 0 Å². The van der Waals surface area contributed by atoms with Gasteiger partial charge in [0.2, 0.25) is 5.91 Å². The van der Waals surface area contributed by atoms with Crippen LogP contribution in [0.15, 0.2) is 75.6 Å². The molecule has 0 bridgehead atoms. The average molecular weight is 609 g/mol. The van der Waals surface area contributed by atoms with Crippen molar-refractivity contribution in [3.63, 3.8) is 0 Å². The Morgan fingerprint density at radius 2 is 1.84 bits per heavy atom. The Kier molecular flexibility index (Phi) is 7.64. The molecule has 0 aliphatic carbocycles. The van der Waals surface area contributed by atoms with E-state index in [-0.39, 0.29) is 29.7 Å². The van der Waals surface area contributed by atoms with E-state index >= 15 is 0 Å². The Labute approximate surface area is 235 Å². The van der Waals surface area contributed by atoms with E-state index in [9.17, 15) is 19.2 Å². The molecular formula is C28H22BrN3O4S2. The summed E-state index contributed by atoms with van der Waals surface area (Å²) in [4.78, 5) is 53.4. The number of fused-ring (bicyclic) bond motifs is 1. The van der Waals surface area contributed by atoms with E-state index in [0.717, 1.165) is 42.5 Å². The lowest BCUT2D eigenvalue weighted by atomic mass is 10.1. The molecule has 5 rings (SSSR count). The summed E-state index contributed by atoms with van der Waals surface area (Å²) in [5.74, 6) is -0.951. The molecule has 3 amide bonds. The number of imide groups is 1. The standard InChI is InChI=1S/C28H22BrN3O4S2/c1-17-4-6-18(7-5-17)24(33)15-32-27(35)25(38-28(32)36)11-19-14-31(23-9-8-20(29)12-22(19)23)16-26(34)30-13-21-3-2-10-37-21/h2-12,14H,13,15-16H2,1H3,(H,30,34)/b25-11-. The molecule has 0 radical (unpaired) electrons. The van der Waals surface area contributed by atoms with Gasteiger partial charge in [0.1, 0.15) is 6.54 Å². The van der Waals surface area contributed by atoms with Gasteiger partial charge in [-0.3, -0.25) is 24.1 Å². The quantitative estimate of drug-likeness (QED) is 0.196. The van der Waals surface area contributed by atoms with Crippen LogP contribution < -0.4 is 5.32 Å². The molecule has 2 aromatic carbocycles. The minimum Gasteiger partial charge on any atom is -0.350 e. The van der Waals surface area contributed by atoms with Gasteiger partial charge in [-0.1, -0.05) is 51.8 Å². The highest BCUT2D eigenvalue weighted by Crippen LogP contribution is 2.35. The van der Waals surface area contributed by atoms with Crippen LogP contribution >= 0.6 is 39.0 Å². The molecule has 1 aliphatic heterocycles. The highest BCUT2D eigenvalue weighted by atomic mass is 79.9. The lowest BCUT2D eigenvalue weighted by Gasteiger charge is -2.11. The van der Waals surface area contributed by atoms with Crippen LogP contribution in [0.3, 0.4) is 0 Å². The minimum atomic E-state index is -0.509. The Balaban J connectivity index is 1.37. The smallest absolute Gasteiger partial charge is 0.293 e. The molecule has 0 spiro atoms. The number of hydrogen-bond donors (Lipinski definition) is 1. The SMILES string of the molecule is Cc1ccc(C(=O)CN2C(=O)S/C(=C\c3cn(CC(=O)NCc4cccs4)c4ccc(Br)cc34)C2=O)cc1. The molecule has 1 aliphatic rings. The number of nitrogens with one attached hydrogen (secondary N) is 1. The van der Waals surface area contributed by atoms with Gasteiger partial charge in [-0.2, -0.15) is 0 Å². The van der Waals surface area contributed by atoms with Crippen molar-refractivity contribution in [2.75, 3.05) is 6.54 Å². The molecule has 0 unspecified atom stereocenters. The number of benzene rings is 2. The number of Topliss-reactive ketones (excluding diaryl/α,β-unsaturated/α-hetero) is 1. The van der Waals surface area contributed by atoms with E-state index in [2.05, 4.69) is 21.2 Å². The molecule has 3 heterocycles. The van der Waals surface area contributed by atoms with Gasteiger partial charge in [0.05, 0.1) is 18.0 Å². The summed E-state index contributed by atoms with van der Waals surface area (Å²) < 4.78 is 2.67. The topological polar surface area (TPSA) is 88.5 Å². The zero-order valence-electron chi connectivity index (χ0n) is 20.3. The monoisotopic (exact) mass is 607 g/mol. The fourth-order valence-corrected chi connectivity index (χ4v) is 5.94. The number of rotatable bonds is 8. The number of aromatic nitrogens is 1. The number of halogens is 1. The summed E-state index contributed by atoms with van der Waals surface area (Å²) in [6.07, 6.45) is 3.45. The Morgan fingerprint density at radius 1 is 1.05 bits per heavy atom. The molecule has 0 atom stereocenters. The zero-order chi connectivity index (χ0) is 26.8. The second-order valence-corrected chi connectivity index (χ2v) is 11.7. The fourth-order valence-electron chi connectivity index (χ4n) is 4.10. The highest BCUT2D eigenvalue weighted by Gasteiger charge is 2.36. The molecule has 192 valence electrons. The molecule has 1 saturated heterocycles. The zero-order valence-corrected chi connectivity index (χ0v) is 23.5. The molecule has 1 N–H and O–H groups in total. The van der Waals surface area contributed by atoms with Crippen LogP contribution in [0.1, 0.15) is 26.4 Å². The maximum atomic E-state index is 13.1. The molecule has 7 nitrogen and oxygen atoms in total. The Bertz CT molecular complexity index is 1590. The van der Waals surface area contributed by atoms with Gasteiger partial charge in [-0.15, -0.1) is 11.3 Å². The molecular weight excluding hydrogens is 586 g/mol. The number of thioether (sulfide) groups is 1. The van der Waals surface area contributed by atoms with Crippen LogP contribution in [0.25, 0.3) is 17.0 Å². The third-order valence-corrected chi connectivity index (χ3v) is 8.34. The second-order valence-electron chi connectivity index (χ2n) is 8.79. The normalized spacial score (nSPS) is 14.6. The first-order valence-electron chi connectivity index (χ1n) is 11.7. The summed E-state index contributed by atoms with van der Waals surface area (Å²) in [5, 5.41) is 5.23. The van der Waals surface area contributed by atoms with Crippen molar-refractivity contribution in [1.29, 1.82) is 0 Å². The van der Waals surface area contributed by atoms with Crippen LogP contribution in [0.4, 0.5) is 4.79 Å². The number of carbonyl (C=O) groups excluding carboxylic acids is 4. The van der Waals surface area contributed by atoms with Crippen molar-refractivity contribution in [3.05, 3.63) is 97.1 Å². The first kappa shape index (κ1) is 26.1. The lowest BCUT2D eigenvalue weighted by Crippen LogP contribution is -2.33. The number of carbonyl (C=O) groups is 4. The van der Waals surface area contributed by atoms with E-state index in [1.807, 2.05) is 59.3 Å². The third kappa shape index (κ3) is 5.67. The number of hydrogen-bond acceptors (Lipinski definition) is 6. The molecule has 0 saturated carbocycles. The van der Waals surface area contributed by atoms with E-state index < -0.39 is 11.1 Å². The van der Waals surface area contributed by atoms with Crippen LogP contribution in [0, 0.1) is 6.92 Å². The van der Waals surface area contributed by atoms with Crippen LogP contribution in [-0.2, 0) is 22.7 Å². The summed E-state index contributed by atoms with van der Waals surface area (Å²) in [6, 6.07) is 16.6. The molecule has 38 heavy (non-hydrogen) atoms. The van der Waals surface area contributed by atoms with Crippen molar-refractivity contribution in [2.24, 2.45) is 0 Å². The lowest BCUT2D eigenvalue weighted by molar-refractivity contribution is -0.123. The van der Waals surface area contributed by atoms with Gasteiger partial charge < -0.3 is 9.88 Å². The van der Waals surface area contributed by atoms with E-state index in [0.29, 0.717) is 17.7 Å². The summed E-state index contributed by atoms with van der Waals surface area (Å²) in [7, 11) is 0. The first-order valence-corrected chi connectivity index (χ1v) is 14.2. The minimum absolute atomic E-state index is 0.101. The van der Waals surface area contributed by atoms with Crippen molar-refractivity contribution >= 4 is 78.8 Å². The maximum Gasteiger partial charge on any atom is 0.293 e. The summed E-state index contributed by atoms with van der Waals surface area (Å²) in [6.45, 7) is 2.16. The Hall–Kier alpha value is -3.47. The van der Waals surface area contributed by atoms with Crippen LogP contribution in [-0.4, -0.2) is 38.8 Å². The molecule has 2 aromatic heterocycles. The predicted octanol–water partition coefficient (Wildman–Crippen LogP) is 6.01. The number of aryl methyl sites for hydroxylation is 1. The number of ketones is 1. The number of thiophene rings is 1. The highest BCUT2D eigenvalue weighted by molar-refractivity contribution is 9.10. The number of nitrogens with zero attached hydrogens (tertiary/aromatic N) is 2. The van der Waals surface area contributed by atoms with Gasteiger partial charge in [0.15, 0.2) is 5.78 Å². The van der Waals surface area contributed by atoms with E-state index in [4.69, 9.17) is 0 Å². The van der Waals surface area contributed by atoms with Crippen LogP contribution in [0.2, 0.25) is 0 Å². The molecule has 4 aromatic rings. The molecule has 1 fully saturated rings. The first-order chi connectivity index (χ1) is 18.3. The predicted molar refractivity (Wildman–Crippen MR) is 154 cm³/mol. The van der Waals surface area contributed by atoms with Crippen molar-refractivity contribution in [1.82, 2.24) is 14.8 Å². The van der Waals surface area contributed by atoms with Gasteiger partial charge in [0.25, 0.3) is 11.1 Å². The maximum absolute atomic E-state index is 13.1. The second kappa shape index (κ2) is 11.1. The van der Waals surface area contributed by atoms with E-state index in [1.54, 1.807) is 35.7 Å². The van der Waals surface area contributed by atoms with Gasteiger partial charge >= 0.3 is 0 Å². The van der Waals surface area contributed by atoms with Crippen molar-refractivity contribution < 1.29 is 19.2 Å². The molecule has 10 heteroatoms. The summed E-state index contributed by atoms with van der Waals surface area (Å²) in [5.41, 5.74) is 2.98. The number of amides is 3.